The third-order valence-electron chi connectivity index (χ3n) is 2.21. The molecule has 0 fully saturated rings. The van der Waals surface area contributed by atoms with E-state index in [4.69, 9.17) is 9.15 Å². The molecule has 0 bridgehead atoms. The highest BCUT2D eigenvalue weighted by Crippen LogP contribution is 2.15. The molecule has 1 aromatic heterocycles. The number of hydrogen-bond donors (Lipinski definition) is 2. The van der Waals surface area contributed by atoms with Crippen LogP contribution in [0.25, 0.3) is 6.08 Å². The molecule has 0 aliphatic heterocycles. The molecular formula is C13H15BrN2O5. The molecule has 3 amide bonds. The smallest absolute Gasteiger partial charge is 0.331 e. The summed E-state index contributed by atoms with van der Waals surface area (Å²) >= 11 is 3.13. The predicted molar refractivity (Wildman–Crippen MR) is 78.2 cm³/mol. The van der Waals surface area contributed by atoms with Crippen molar-refractivity contribution in [1.29, 1.82) is 0 Å². The molecule has 7 nitrogen and oxygen atoms in total. The normalized spacial score (nSPS) is 12.0. The van der Waals surface area contributed by atoms with Crippen LogP contribution in [-0.2, 0) is 14.3 Å². The molecule has 1 aromatic rings. The minimum absolute atomic E-state index is 0.384. The Bertz CT molecular complexity index is 553. The zero-order valence-corrected chi connectivity index (χ0v) is 13.1. The van der Waals surface area contributed by atoms with E-state index in [-0.39, 0.29) is 0 Å². The van der Waals surface area contributed by atoms with Gasteiger partial charge in [-0.3, -0.25) is 10.1 Å². The molecule has 0 saturated heterocycles. The SMILES string of the molecule is CCNC(=O)NC(=O)C(C)OC(=O)C=Cc1ccc(Br)o1. The largest absolute Gasteiger partial charge is 0.450 e. The number of urea groups is 1. The van der Waals surface area contributed by atoms with Crippen LogP contribution in [-0.4, -0.2) is 30.6 Å². The zero-order chi connectivity index (χ0) is 15.8. The number of halogens is 1. The Morgan fingerprint density at radius 1 is 1.43 bits per heavy atom. The van der Waals surface area contributed by atoms with Crippen LogP contribution in [0.3, 0.4) is 0 Å². The van der Waals surface area contributed by atoms with Gasteiger partial charge in [0, 0.05) is 12.6 Å². The lowest BCUT2D eigenvalue weighted by molar-refractivity contribution is -0.149. The number of furan rings is 1. The number of nitrogens with one attached hydrogen (secondary N) is 2. The minimum atomic E-state index is -1.09. The van der Waals surface area contributed by atoms with E-state index in [9.17, 15) is 14.4 Å². The molecule has 0 aromatic carbocycles. The Hall–Kier alpha value is -2.09. The molecule has 1 rings (SSSR count). The van der Waals surface area contributed by atoms with Gasteiger partial charge in [-0.25, -0.2) is 9.59 Å². The highest BCUT2D eigenvalue weighted by Gasteiger charge is 2.18. The standard InChI is InChI=1S/C13H15BrN2O5/c1-3-15-13(19)16-12(18)8(2)20-11(17)7-5-9-4-6-10(14)21-9/h4-8H,3H2,1-2H3,(H2,15,16,18,19). The number of carbonyl (C=O) groups excluding carboxylic acids is 3. The van der Waals surface area contributed by atoms with Gasteiger partial charge in [0.2, 0.25) is 0 Å². The van der Waals surface area contributed by atoms with Gasteiger partial charge < -0.3 is 14.5 Å². The maximum absolute atomic E-state index is 11.5. The molecule has 0 aliphatic rings. The van der Waals surface area contributed by atoms with Crippen LogP contribution in [0.5, 0.6) is 0 Å². The van der Waals surface area contributed by atoms with Gasteiger partial charge in [0.25, 0.3) is 5.91 Å². The maximum Gasteiger partial charge on any atom is 0.331 e. The predicted octanol–water partition coefficient (Wildman–Crippen LogP) is 1.83. The molecule has 1 unspecified atom stereocenters. The highest BCUT2D eigenvalue weighted by molar-refractivity contribution is 9.10. The average molecular weight is 359 g/mol. The van der Waals surface area contributed by atoms with Crippen LogP contribution in [0.15, 0.2) is 27.3 Å². The van der Waals surface area contributed by atoms with E-state index in [1.807, 2.05) is 5.32 Å². The molecule has 0 aliphatic carbocycles. The summed E-state index contributed by atoms with van der Waals surface area (Å²) in [4.78, 5) is 34.2. The summed E-state index contributed by atoms with van der Waals surface area (Å²) in [7, 11) is 0. The van der Waals surface area contributed by atoms with Crippen molar-refractivity contribution in [2.24, 2.45) is 0 Å². The van der Waals surface area contributed by atoms with Gasteiger partial charge in [-0.15, -0.1) is 0 Å². The summed E-state index contributed by atoms with van der Waals surface area (Å²) < 4.78 is 10.5. The Labute approximate surface area is 129 Å². The van der Waals surface area contributed by atoms with Crippen LogP contribution in [0.4, 0.5) is 4.79 Å². The second-order valence-corrected chi connectivity index (χ2v) is 4.68. The van der Waals surface area contributed by atoms with Crippen molar-refractivity contribution in [2.75, 3.05) is 6.54 Å². The Kier molecular flexibility index (Phi) is 6.67. The third kappa shape index (κ3) is 6.26. The minimum Gasteiger partial charge on any atom is -0.450 e. The maximum atomic E-state index is 11.5. The Morgan fingerprint density at radius 2 is 2.14 bits per heavy atom. The van der Waals surface area contributed by atoms with E-state index in [1.165, 1.54) is 13.0 Å². The number of carbonyl (C=O) groups is 3. The summed E-state index contributed by atoms with van der Waals surface area (Å²) in [6.07, 6.45) is 1.44. The lowest BCUT2D eigenvalue weighted by Gasteiger charge is -2.11. The molecule has 8 heteroatoms. The number of ether oxygens (including phenoxy) is 1. The summed E-state index contributed by atoms with van der Waals surface area (Å²) in [6.45, 7) is 3.46. The summed E-state index contributed by atoms with van der Waals surface area (Å²) in [5.41, 5.74) is 0. The van der Waals surface area contributed by atoms with E-state index in [1.54, 1.807) is 19.1 Å². The quantitative estimate of drug-likeness (QED) is 0.618. The van der Waals surface area contributed by atoms with Crippen molar-refractivity contribution in [1.82, 2.24) is 10.6 Å². The Balaban J connectivity index is 2.44. The van der Waals surface area contributed by atoms with Crippen LogP contribution >= 0.6 is 15.9 Å². The second-order valence-electron chi connectivity index (χ2n) is 3.90. The number of imide groups is 1. The van der Waals surface area contributed by atoms with Gasteiger partial charge in [0.1, 0.15) is 5.76 Å². The van der Waals surface area contributed by atoms with E-state index in [2.05, 4.69) is 21.2 Å². The lowest BCUT2D eigenvalue weighted by atomic mass is 10.3. The third-order valence-corrected chi connectivity index (χ3v) is 2.64. The van der Waals surface area contributed by atoms with Gasteiger partial charge in [-0.2, -0.15) is 0 Å². The number of amides is 3. The molecule has 114 valence electrons. The Morgan fingerprint density at radius 3 is 2.71 bits per heavy atom. The molecule has 0 saturated carbocycles. The van der Waals surface area contributed by atoms with Gasteiger partial charge in [-0.05, 0) is 48.0 Å². The van der Waals surface area contributed by atoms with Crippen LogP contribution in [0.1, 0.15) is 19.6 Å². The molecule has 1 heterocycles. The zero-order valence-electron chi connectivity index (χ0n) is 11.5. The van der Waals surface area contributed by atoms with E-state index >= 15 is 0 Å². The first kappa shape index (κ1) is 17.0. The number of rotatable bonds is 5. The van der Waals surface area contributed by atoms with Crippen molar-refractivity contribution >= 4 is 39.9 Å². The molecule has 21 heavy (non-hydrogen) atoms. The molecular weight excluding hydrogens is 344 g/mol. The fourth-order valence-electron chi connectivity index (χ4n) is 1.25. The number of hydrogen-bond acceptors (Lipinski definition) is 5. The second kappa shape index (κ2) is 8.25. The van der Waals surface area contributed by atoms with E-state index < -0.39 is 24.0 Å². The lowest BCUT2D eigenvalue weighted by Crippen LogP contribution is -2.44. The fourth-order valence-corrected chi connectivity index (χ4v) is 1.57. The van der Waals surface area contributed by atoms with Crippen molar-refractivity contribution in [2.45, 2.75) is 20.0 Å². The summed E-state index contributed by atoms with van der Waals surface area (Å²) in [5.74, 6) is -0.970. The van der Waals surface area contributed by atoms with E-state index in [0.717, 1.165) is 6.08 Å². The molecule has 1 atom stereocenters. The highest BCUT2D eigenvalue weighted by atomic mass is 79.9. The first-order chi connectivity index (χ1) is 9.92. The van der Waals surface area contributed by atoms with Crippen molar-refractivity contribution < 1.29 is 23.5 Å². The first-order valence-electron chi connectivity index (χ1n) is 6.15. The first-order valence-corrected chi connectivity index (χ1v) is 6.94. The average Bonchev–Trinajstić information content (AvgIpc) is 2.82. The van der Waals surface area contributed by atoms with Gasteiger partial charge in [0.05, 0.1) is 0 Å². The van der Waals surface area contributed by atoms with Crippen LogP contribution < -0.4 is 10.6 Å². The molecule has 0 radical (unpaired) electrons. The van der Waals surface area contributed by atoms with Gasteiger partial charge in [0.15, 0.2) is 10.8 Å². The van der Waals surface area contributed by atoms with Crippen molar-refractivity contribution in [3.63, 3.8) is 0 Å². The summed E-state index contributed by atoms with van der Waals surface area (Å²) in [6, 6.07) is 2.69. The summed E-state index contributed by atoms with van der Waals surface area (Å²) in [5, 5.41) is 4.44. The molecule has 0 spiro atoms. The van der Waals surface area contributed by atoms with Crippen molar-refractivity contribution in [3.8, 4) is 0 Å². The monoisotopic (exact) mass is 358 g/mol. The molecule has 2 N–H and O–H groups in total. The van der Waals surface area contributed by atoms with Gasteiger partial charge >= 0.3 is 12.0 Å². The van der Waals surface area contributed by atoms with Gasteiger partial charge in [-0.1, -0.05) is 0 Å². The topological polar surface area (TPSA) is 97.6 Å². The van der Waals surface area contributed by atoms with Crippen LogP contribution in [0, 0.1) is 0 Å². The number of esters is 1. The van der Waals surface area contributed by atoms with Crippen molar-refractivity contribution in [3.05, 3.63) is 28.6 Å². The fraction of sp³-hybridized carbons (Fsp3) is 0.308. The van der Waals surface area contributed by atoms with E-state index in [0.29, 0.717) is 17.0 Å². The van der Waals surface area contributed by atoms with Crippen LogP contribution in [0.2, 0.25) is 0 Å².